The molecule has 0 saturated heterocycles. The number of nitrogens with zero attached hydrogens (tertiary/aromatic N) is 4. The van der Waals surface area contributed by atoms with E-state index in [1.54, 1.807) is 40.9 Å². The standard InChI is InChI=1S/C25H18Cl2N6O2S2/c1-2-21-30-31-25-33(21)32-23(37-25)14-3-5-18(6-4-14)28-24(36)29-22(34)10-8-19-7-9-20(35-19)15-11-16(26)13-17(27)12-15/h3-13H,2H2,1H3,(H2,28,29,34,36)/b10-8+. The van der Waals surface area contributed by atoms with Crippen LogP contribution in [0.25, 0.3) is 32.9 Å². The largest absolute Gasteiger partial charge is 0.457 e. The highest BCUT2D eigenvalue weighted by Crippen LogP contribution is 2.29. The normalized spacial score (nSPS) is 11.3. The Morgan fingerprint density at radius 2 is 1.84 bits per heavy atom. The van der Waals surface area contributed by atoms with Crippen molar-refractivity contribution in [1.82, 2.24) is 25.1 Å². The first-order valence-electron chi connectivity index (χ1n) is 11.1. The maximum absolute atomic E-state index is 12.3. The van der Waals surface area contributed by atoms with Crippen molar-refractivity contribution in [2.45, 2.75) is 13.3 Å². The summed E-state index contributed by atoms with van der Waals surface area (Å²) in [5.41, 5.74) is 2.41. The zero-order valence-electron chi connectivity index (χ0n) is 19.2. The number of aryl methyl sites for hydroxylation is 1. The molecule has 0 radical (unpaired) electrons. The van der Waals surface area contributed by atoms with Gasteiger partial charge in [-0.2, -0.15) is 9.61 Å². The van der Waals surface area contributed by atoms with Crippen LogP contribution < -0.4 is 10.6 Å². The van der Waals surface area contributed by atoms with E-state index in [1.165, 1.54) is 17.4 Å². The lowest BCUT2D eigenvalue weighted by Crippen LogP contribution is -2.32. The first kappa shape index (κ1) is 25.1. The molecule has 2 aromatic carbocycles. The number of hydrogen-bond acceptors (Lipinski definition) is 7. The molecule has 0 bridgehead atoms. The average Bonchev–Trinajstić information content (AvgIpc) is 3.59. The Morgan fingerprint density at radius 1 is 1.08 bits per heavy atom. The Kier molecular flexibility index (Phi) is 7.33. The van der Waals surface area contributed by atoms with Gasteiger partial charge in [0.2, 0.25) is 10.9 Å². The SMILES string of the molecule is CCc1nnc2sc(-c3ccc(NC(=S)NC(=O)/C=C/c4ccc(-c5cc(Cl)cc(Cl)c5)o4)cc3)nn12. The smallest absolute Gasteiger partial charge is 0.250 e. The third-order valence-corrected chi connectivity index (χ3v) is 6.76. The number of carbonyl (C=O) groups excluding carboxylic acids is 1. The van der Waals surface area contributed by atoms with Crippen molar-refractivity contribution in [3.63, 3.8) is 0 Å². The summed E-state index contributed by atoms with van der Waals surface area (Å²) in [5, 5.41) is 20.5. The number of furan rings is 1. The number of thiocarbonyl (C=S) groups is 1. The predicted octanol–water partition coefficient (Wildman–Crippen LogP) is 6.51. The Labute approximate surface area is 230 Å². The topological polar surface area (TPSA) is 97.3 Å². The highest BCUT2D eigenvalue weighted by atomic mass is 35.5. The molecule has 0 fully saturated rings. The highest BCUT2D eigenvalue weighted by Gasteiger charge is 2.12. The van der Waals surface area contributed by atoms with E-state index in [-0.39, 0.29) is 5.11 Å². The second kappa shape index (κ2) is 10.8. The minimum Gasteiger partial charge on any atom is -0.457 e. The van der Waals surface area contributed by atoms with E-state index in [0.29, 0.717) is 21.6 Å². The molecule has 0 spiro atoms. The van der Waals surface area contributed by atoms with Gasteiger partial charge in [-0.15, -0.1) is 10.2 Å². The van der Waals surface area contributed by atoms with Crippen LogP contribution in [0.15, 0.2) is 65.1 Å². The zero-order valence-corrected chi connectivity index (χ0v) is 22.4. The van der Waals surface area contributed by atoms with E-state index < -0.39 is 5.91 Å². The molecule has 186 valence electrons. The van der Waals surface area contributed by atoms with Gasteiger partial charge in [0.15, 0.2) is 10.9 Å². The number of rotatable bonds is 6. The summed E-state index contributed by atoms with van der Waals surface area (Å²) in [4.78, 5) is 13.1. The minimum atomic E-state index is -0.399. The monoisotopic (exact) mass is 568 g/mol. The molecule has 3 heterocycles. The van der Waals surface area contributed by atoms with Crippen molar-refractivity contribution in [3.8, 4) is 21.9 Å². The molecule has 3 aromatic heterocycles. The second-order valence-corrected chi connectivity index (χ2v) is 10.0. The number of nitrogens with one attached hydrogen (secondary N) is 2. The molecular formula is C25H18Cl2N6O2S2. The fraction of sp³-hybridized carbons (Fsp3) is 0.0800. The minimum absolute atomic E-state index is 0.169. The molecule has 1 amide bonds. The first-order chi connectivity index (χ1) is 17.9. The second-order valence-electron chi connectivity index (χ2n) is 7.79. The van der Waals surface area contributed by atoms with E-state index in [2.05, 4.69) is 25.9 Å². The molecule has 5 rings (SSSR count). The number of carbonyl (C=O) groups is 1. The zero-order chi connectivity index (χ0) is 25.9. The van der Waals surface area contributed by atoms with Crippen LogP contribution in [0.1, 0.15) is 18.5 Å². The third kappa shape index (κ3) is 5.89. The molecule has 0 aliphatic rings. The van der Waals surface area contributed by atoms with Gasteiger partial charge >= 0.3 is 0 Å². The molecule has 0 atom stereocenters. The number of benzene rings is 2. The first-order valence-corrected chi connectivity index (χ1v) is 13.0. The van der Waals surface area contributed by atoms with Gasteiger partial charge in [0, 0.05) is 39.4 Å². The molecule has 0 aliphatic carbocycles. The third-order valence-electron chi connectivity index (χ3n) is 5.17. The summed E-state index contributed by atoms with van der Waals surface area (Å²) in [7, 11) is 0. The maximum Gasteiger partial charge on any atom is 0.250 e. The van der Waals surface area contributed by atoms with Crippen molar-refractivity contribution in [1.29, 1.82) is 0 Å². The van der Waals surface area contributed by atoms with Gasteiger partial charge in [-0.25, -0.2) is 0 Å². The molecule has 12 heteroatoms. The van der Waals surface area contributed by atoms with E-state index in [4.69, 9.17) is 39.8 Å². The predicted molar refractivity (Wildman–Crippen MR) is 151 cm³/mol. The Balaban J connectivity index is 1.17. The fourth-order valence-electron chi connectivity index (χ4n) is 3.46. The Bertz CT molecular complexity index is 1620. The van der Waals surface area contributed by atoms with Crippen LogP contribution in [0.4, 0.5) is 5.69 Å². The Morgan fingerprint density at radius 3 is 2.57 bits per heavy atom. The quantitative estimate of drug-likeness (QED) is 0.178. The van der Waals surface area contributed by atoms with Gasteiger partial charge in [0.25, 0.3) is 0 Å². The van der Waals surface area contributed by atoms with Crippen LogP contribution in [-0.4, -0.2) is 30.8 Å². The summed E-state index contributed by atoms with van der Waals surface area (Å²) in [6, 6.07) is 16.2. The van der Waals surface area contributed by atoms with E-state index in [0.717, 1.165) is 39.0 Å². The van der Waals surface area contributed by atoms with Crippen LogP contribution >= 0.6 is 46.8 Å². The van der Waals surface area contributed by atoms with Crippen LogP contribution in [0.3, 0.4) is 0 Å². The molecule has 0 unspecified atom stereocenters. The molecule has 37 heavy (non-hydrogen) atoms. The maximum atomic E-state index is 12.3. The fourth-order valence-corrected chi connectivity index (χ4v) is 5.07. The summed E-state index contributed by atoms with van der Waals surface area (Å²) < 4.78 is 7.52. The number of halogens is 2. The number of hydrogen-bond donors (Lipinski definition) is 2. The van der Waals surface area contributed by atoms with Gasteiger partial charge in [0.05, 0.1) is 0 Å². The number of amides is 1. The van der Waals surface area contributed by atoms with Crippen molar-refractivity contribution in [2.24, 2.45) is 0 Å². The van der Waals surface area contributed by atoms with E-state index in [1.807, 2.05) is 31.2 Å². The molecule has 8 nitrogen and oxygen atoms in total. The number of aromatic nitrogens is 4. The van der Waals surface area contributed by atoms with Crippen LogP contribution in [0.5, 0.6) is 0 Å². The van der Waals surface area contributed by atoms with E-state index in [9.17, 15) is 4.79 Å². The van der Waals surface area contributed by atoms with Crippen LogP contribution in [-0.2, 0) is 11.2 Å². The van der Waals surface area contributed by atoms with Crippen molar-refractivity contribution in [2.75, 3.05) is 5.32 Å². The molecular weight excluding hydrogens is 551 g/mol. The van der Waals surface area contributed by atoms with E-state index >= 15 is 0 Å². The summed E-state index contributed by atoms with van der Waals surface area (Å²) in [6.45, 7) is 2.01. The van der Waals surface area contributed by atoms with Gasteiger partial charge in [-0.3, -0.25) is 10.1 Å². The Hall–Kier alpha value is -3.57. The number of anilines is 1. The molecule has 5 aromatic rings. The molecule has 0 saturated carbocycles. The van der Waals surface area contributed by atoms with Crippen LogP contribution in [0.2, 0.25) is 10.0 Å². The number of fused-ring (bicyclic) bond motifs is 1. The van der Waals surface area contributed by atoms with Gasteiger partial charge in [-0.1, -0.05) is 41.5 Å². The summed E-state index contributed by atoms with van der Waals surface area (Å²) >= 11 is 18.8. The lowest BCUT2D eigenvalue weighted by atomic mass is 10.2. The van der Waals surface area contributed by atoms with Crippen molar-refractivity contribution in [3.05, 3.63) is 82.3 Å². The summed E-state index contributed by atoms with van der Waals surface area (Å²) in [5.74, 6) is 1.50. The van der Waals surface area contributed by atoms with Gasteiger partial charge in [-0.05, 0) is 72.9 Å². The average molecular weight is 569 g/mol. The van der Waals surface area contributed by atoms with Gasteiger partial charge in [0.1, 0.15) is 16.5 Å². The lowest BCUT2D eigenvalue weighted by molar-refractivity contribution is -0.115. The molecule has 2 N–H and O–H groups in total. The van der Waals surface area contributed by atoms with Crippen LogP contribution in [0, 0.1) is 0 Å². The lowest BCUT2D eigenvalue weighted by Gasteiger charge is -2.08. The van der Waals surface area contributed by atoms with Gasteiger partial charge < -0.3 is 9.73 Å². The van der Waals surface area contributed by atoms with Crippen molar-refractivity contribution < 1.29 is 9.21 Å². The highest BCUT2D eigenvalue weighted by molar-refractivity contribution is 7.80. The van der Waals surface area contributed by atoms with Crippen molar-refractivity contribution >= 4 is 74.5 Å². The summed E-state index contributed by atoms with van der Waals surface area (Å²) in [6.07, 6.45) is 3.64. The molecule has 0 aliphatic heterocycles.